The van der Waals surface area contributed by atoms with Gasteiger partial charge in [-0.3, -0.25) is 24.0 Å². The fourth-order valence-corrected chi connectivity index (χ4v) is 5.98. The number of rotatable bonds is 2. The number of carbonyl (C=O) groups is 2. The summed E-state index contributed by atoms with van der Waals surface area (Å²) < 4.78 is 3.21. The van der Waals surface area contributed by atoms with E-state index in [-0.39, 0.29) is 23.1 Å². The molecule has 9 heteroatoms. The molecule has 3 heterocycles. The topological polar surface area (TPSA) is 76.3 Å². The second-order valence-electron chi connectivity index (χ2n) is 7.63. The second-order valence-corrected chi connectivity index (χ2v) is 9.60. The van der Waals surface area contributed by atoms with Crippen LogP contribution in [0.25, 0.3) is 5.69 Å². The predicted octanol–water partition coefficient (Wildman–Crippen LogP) is 3.41. The molecule has 2 unspecified atom stereocenters. The van der Waals surface area contributed by atoms with E-state index in [1.165, 1.54) is 21.3 Å². The van der Waals surface area contributed by atoms with Crippen molar-refractivity contribution >= 4 is 46.6 Å². The zero-order valence-electron chi connectivity index (χ0n) is 17.0. The average Bonchev–Trinajstić information content (AvgIpc) is 3.25. The monoisotopic (exact) mass is 454 g/mol. The first-order chi connectivity index (χ1) is 14.8. The van der Waals surface area contributed by atoms with Crippen LogP contribution in [0.1, 0.15) is 18.2 Å². The van der Waals surface area contributed by atoms with E-state index in [2.05, 4.69) is 5.32 Å². The highest BCUT2D eigenvalue weighted by Crippen LogP contribution is 2.56. The minimum atomic E-state index is -1.39. The molecule has 158 valence electrons. The van der Waals surface area contributed by atoms with Crippen molar-refractivity contribution in [1.82, 2.24) is 9.36 Å². The molecule has 1 aromatic heterocycles. The van der Waals surface area contributed by atoms with Gasteiger partial charge in [-0.1, -0.05) is 29.8 Å². The molecule has 5 rings (SSSR count). The van der Waals surface area contributed by atoms with Gasteiger partial charge in [-0.15, -0.1) is 11.8 Å². The van der Waals surface area contributed by atoms with E-state index < -0.39 is 10.1 Å². The first-order valence-corrected chi connectivity index (χ1v) is 11.0. The number of halogens is 1. The quantitative estimate of drug-likeness (QED) is 0.643. The first kappa shape index (κ1) is 20.0. The Morgan fingerprint density at radius 3 is 2.52 bits per heavy atom. The van der Waals surface area contributed by atoms with Gasteiger partial charge in [0.05, 0.1) is 16.6 Å². The standard InChI is InChI=1S/C22H19ClN4O3S/c1-12-18(20(29)27(25(12)3)15-7-5-4-6-8-15)26-19(28)13(2)31-22(26)16-11-14(23)9-10-17(16)24-21(22)30/h4-11,13H,1-3H3,(H,24,30). The summed E-state index contributed by atoms with van der Waals surface area (Å²) in [6, 6.07) is 14.3. The van der Waals surface area contributed by atoms with E-state index in [0.29, 0.717) is 27.7 Å². The average molecular weight is 455 g/mol. The minimum Gasteiger partial charge on any atom is -0.323 e. The molecule has 2 aliphatic heterocycles. The van der Waals surface area contributed by atoms with E-state index in [0.717, 1.165) is 0 Å². The van der Waals surface area contributed by atoms with Crippen molar-refractivity contribution in [2.45, 2.75) is 24.0 Å². The Bertz CT molecular complexity index is 1320. The highest BCUT2D eigenvalue weighted by atomic mass is 35.5. The van der Waals surface area contributed by atoms with Crippen molar-refractivity contribution in [2.75, 3.05) is 10.2 Å². The second kappa shape index (κ2) is 6.77. The maximum atomic E-state index is 13.7. The molecule has 0 saturated carbocycles. The van der Waals surface area contributed by atoms with Gasteiger partial charge in [0, 0.05) is 23.3 Å². The van der Waals surface area contributed by atoms with Gasteiger partial charge < -0.3 is 5.32 Å². The Hall–Kier alpha value is -2.97. The van der Waals surface area contributed by atoms with Crippen LogP contribution in [0.4, 0.5) is 11.4 Å². The zero-order chi connectivity index (χ0) is 22.1. The SMILES string of the molecule is Cc1c(N2C(=O)C(C)SC23C(=O)Nc2ccc(Cl)cc23)c(=O)n(-c2ccccc2)n1C. The molecular weight excluding hydrogens is 436 g/mol. The third kappa shape index (κ3) is 2.58. The van der Waals surface area contributed by atoms with Gasteiger partial charge in [-0.05, 0) is 44.2 Å². The lowest BCUT2D eigenvalue weighted by Crippen LogP contribution is -2.49. The Morgan fingerprint density at radius 1 is 1.10 bits per heavy atom. The molecule has 31 heavy (non-hydrogen) atoms. The van der Waals surface area contributed by atoms with Crippen molar-refractivity contribution in [2.24, 2.45) is 7.05 Å². The van der Waals surface area contributed by atoms with Crippen LogP contribution in [-0.2, 0) is 21.5 Å². The number of aromatic nitrogens is 2. The third-order valence-electron chi connectivity index (χ3n) is 5.88. The maximum Gasteiger partial charge on any atom is 0.295 e. The van der Waals surface area contributed by atoms with Gasteiger partial charge in [-0.2, -0.15) is 0 Å². The molecule has 0 radical (unpaired) electrons. The van der Waals surface area contributed by atoms with Crippen LogP contribution < -0.4 is 15.8 Å². The van der Waals surface area contributed by atoms with Gasteiger partial charge in [0.2, 0.25) is 10.8 Å². The number of fused-ring (bicyclic) bond motifs is 2. The molecular formula is C22H19ClN4O3S. The molecule has 3 aromatic rings. The van der Waals surface area contributed by atoms with Gasteiger partial charge in [0.15, 0.2) is 0 Å². The summed E-state index contributed by atoms with van der Waals surface area (Å²) in [5, 5.41) is 2.80. The number of carbonyl (C=O) groups excluding carboxylic acids is 2. The number of anilines is 2. The van der Waals surface area contributed by atoms with Crippen molar-refractivity contribution < 1.29 is 9.59 Å². The van der Waals surface area contributed by atoms with E-state index >= 15 is 0 Å². The number of benzene rings is 2. The molecule has 7 nitrogen and oxygen atoms in total. The summed E-state index contributed by atoms with van der Waals surface area (Å²) in [5.74, 6) is -0.652. The van der Waals surface area contributed by atoms with Crippen LogP contribution in [0.2, 0.25) is 5.02 Å². The number of amides is 2. The normalized spacial score (nSPS) is 22.3. The zero-order valence-corrected chi connectivity index (χ0v) is 18.6. The fourth-order valence-electron chi connectivity index (χ4n) is 4.35. The molecule has 1 fully saturated rings. The molecule has 1 spiro atoms. The number of para-hydroxylation sites is 1. The van der Waals surface area contributed by atoms with Crippen molar-refractivity contribution in [3.05, 3.63) is 75.2 Å². The Balaban J connectivity index is 1.80. The third-order valence-corrected chi connectivity index (χ3v) is 7.60. The number of nitrogens with zero attached hydrogens (tertiary/aromatic N) is 3. The molecule has 0 aliphatic carbocycles. The highest BCUT2D eigenvalue weighted by molar-refractivity contribution is 8.03. The van der Waals surface area contributed by atoms with Crippen LogP contribution in [0.3, 0.4) is 0 Å². The number of thioether (sulfide) groups is 1. The summed E-state index contributed by atoms with van der Waals surface area (Å²) in [6.07, 6.45) is 0. The molecule has 2 aliphatic rings. The van der Waals surface area contributed by atoms with E-state index in [1.54, 1.807) is 43.8 Å². The lowest BCUT2D eigenvalue weighted by molar-refractivity contribution is -0.122. The fraction of sp³-hybridized carbons (Fsp3) is 0.227. The van der Waals surface area contributed by atoms with E-state index in [4.69, 9.17) is 11.6 Å². The number of hydrogen-bond acceptors (Lipinski definition) is 4. The largest absolute Gasteiger partial charge is 0.323 e. The van der Waals surface area contributed by atoms with E-state index in [9.17, 15) is 14.4 Å². The molecule has 1 N–H and O–H groups in total. The Labute approximate surface area is 187 Å². The minimum absolute atomic E-state index is 0.191. The van der Waals surface area contributed by atoms with Crippen LogP contribution >= 0.6 is 23.4 Å². The van der Waals surface area contributed by atoms with Crippen LogP contribution in [0, 0.1) is 6.92 Å². The molecule has 0 bridgehead atoms. The van der Waals surface area contributed by atoms with Crippen molar-refractivity contribution in [1.29, 1.82) is 0 Å². The summed E-state index contributed by atoms with van der Waals surface area (Å²) in [4.78, 5) is 40.4. The summed E-state index contributed by atoms with van der Waals surface area (Å²) >= 11 is 7.47. The molecule has 2 aromatic carbocycles. The van der Waals surface area contributed by atoms with Gasteiger partial charge in [0.1, 0.15) is 5.69 Å². The van der Waals surface area contributed by atoms with Crippen LogP contribution in [-0.4, -0.2) is 26.4 Å². The highest BCUT2D eigenvalue weighted by Gasteiger charge is 2.62. The Kier molecular flexibility index (Phi) is 4.36. The van der Waals surface area contributed by atoms with E-state index in [1.807, 2.05) is 30.3 Å². The lowest BCUT2D eigenvalue weighted by atomic mass is 10.0. The molecule has 1 saturated heterocycles. The van der Waals surface area contributed by atoms with Gasteiger partial charge in [0.25, 0.3) is 11.5 Å². The number of nitrogens with one attached hydrogen (secondary N) is 1. The first-order valence-electron chi connectivity index (χ1n) is 9.74. The summed E-state index contributed by atoms with van der Waals surface area (Å²) in [7, 11) is 1.76. The van der Waals surface area contributed by atoms with Crippen molar-refractivity contribution in [3.63, 3.8) is 0 Å². The molecule has 2 amide bonds. The van der Waals surface area contributed by atoms with Crippen LogP contribution in [0.15, 0.2) is 53.3 Å². The summed E-state index contributed by atoms with van der Waals surface area (Å²) in [6.45, 7) is 3.52. The predicted molar refractivity (Wildman–Crippen MR) is 122 cm³/mol. The van der Waals surface area contributed by atoms with Gasteiger partial charge >= 0.3 is 0 Å². The van der Waals surface area contributed by atoms with Crippen molar-refractivity contribution in [3.8, 4) is 5.69 Å². The smallest absolute Gasteiger partial charge is 0.295 e. The number of hydrogen-bond donors (Lipinski definition) is 1. The summed E-state index contributed by atoms with van der Waals surface area (Å²) in [5.41, 5.74) is 2.25. The maximum absolute atomic E-state index is 13.7. The Morgan fingerprint density at radius 2 is 1.81 bits per heavy atom. The van der Waals surface area contributed by atoms with Gasteiger partial charge in [-0.25, -0.2) is 4.68 Å². The molecule has 2 atom stereocenters. The lowest BCUT2D eigenvalue weighted by Gasteiger charge is -2.31. The van der Waals surface area contributed by atoms with Crippen LogP contribution in [0.5, 0.6) is 0 Å².